The molecule has 0 spiro atoms. The van der Waals surface area contributed by atoms with E-state index < -0.39 is 0 Å². The Morgan fingerprint density at radius 2 is 1.60 bits per heavy atom. The van der Waals surface area contributed by atoms with Crippen molar-refractivity contribution in [2.45, 2.75) is 48.0 Å². The van der Waals surface area contributed by atoms with Gasteiger partial charge in [0, 0.05) is 32.7 Å². The van der Waals surface area contributed by atoms with E-state index in [4.69, 9.17) is 0 Å². The van der Waals surface area contributed by atoms with E-state index in [0.29, 0.717) is 11.3 Å². The minimum absolute atomic E-state index is 0. The van der Waals surface area contributed by atoms with Gasteiger partial charge >= 0.3 is 0 Å². The van der Waals surface area contributed by atoms with Crippen LogP contribution in [-0.2, 0) is 32.7 Å². The SMILES string of the molecule is [CH2-]C(C/C=C\[CH-]C(C)(C)C)C(C)(C)C.[Y]. The van der Waals surface area contributed by atoms with Crippen LogP contribution in [-0.4, -0.2) is 0 Å². The Kier molecular flexibility index (Phi) is 8.59. The molecule has 87 valence electrons. The number of hydrogen-bond acceptors (Lipinski definition) is 0. The average molecular weight is 283 g/mol. The Bertz CT molecular complexity index is 178. The molecule has 1 radical (unpaired) electrons. The first-order chi connectivity index (χ1) is 6.13. The summed E-state index contributed by atoms with van der Waals surface area (Å²) in [6.45, 7) is 17.5. The maximum Gasteiger partial charge on any atom is 0 e. The second-order valence-corrected chi connectivity index (χ2v) is 6.26. The first kappa shape index (κ1) is 18.1. The maximum atomic E-state index is 4.18. The number of allylic oxidation sites excluding steroid dienone is 2. The van der Waals surface area contributed by atoms with E-state index in [9.17, 15) is 0 Å². The summed E-state index contributed by atoms with van der Waals surface area (Å²) in [5.41, 5.74) is 0.598. The van der Waals surface area contributed by atoms with E-state index in [0.717, 1.165) is 6.42 Å². The zero-order valence-corrected chi connectivity index (χ0v) is 14.1. The van der Waals surface area contributed by atoms with Crippen molar-refractivity contribution in [3.8, 4) is 0 Å². The van der Waals surface area contributed by atoms with Gasteiger partial charge in [-0.15, -0.1) is 6.42 Å². The summed E-state index contributed by atoms with van der Waals surface area (Å²) in [7, 11) is 0. The summed E-state index contributed by atoms with van der Waals surface area (Å²) < 4.78 is 0. The van der Waals surface area contributed by atoms with Crippen molar-refractivity contribution in [2.24, 2.45) is 16.7 Å². The maximum absolute atomic E-state index is 4.18. The molecule has 0 rings (SSSR count). The summed E-state index contributed by atoms with van der Waals surface area (Å²) in [5.74, 6) is 0.493. The molecule has 1 unspecified atom stereocenters. The fourth-order valence-corrected chi connectivity index (χ4v) is 0.953. The van der Waals surface area contributed by atoms with Gasteiger partial charge in [0.05, 0.1) is 0 Å². The molecule has 0 heterocycles. The summed E-state index contributed by atoms with van der Waals surface area (Å²) in [6.07, 6.45) is 7.70. The summed E-state index contributed by atoms with van der Waals surface area (Å²) in [5, 5.41) is 0. The van der Waals surface area contributed by atoms with Gasteiger partial charge in [0.25, 0.3) is 0 Å². The smallest absolute Gasteiger partial charge is 0 e. The Labute approximate surface area is 122 Å². The fraction of sp³-hybridized carbons (Fsp3) is 0.714. The normalized spacial score (nSPS) is 14.9. The van der Waals surface area contributed by atoms with E-state index >= 15 is 0 Å². The summed E-state index contributed by atoms with van der Waals surface area (Å²) in [4.78, 5) is 0. The Balaban J connectivity index is 0. The molecule has 0 fully saturated rings. The quantitative estimate of drug-likeness (QED) is 0.660. The van der Waals surface area contributed by atoms with E-state index in [1.165, 1.54) is 0 Å². The van der Waals surface area contributed by atoms with Crippen molar-refractivity contribution in [3.63, 3.8) is 0 Å². The number of hydrogen-bond donors (Lipinski definition) is 0. The molecule has 0 aromatic heterocycles. The van der Waals surface area contributed by atoms with Crippen LogP contribution in [0.3, 0.4) is 0 Å². The second-order valence-electron chi connectivity index (χ2n) is 6.26. The molecular weight excluding hydrogens is 257 g/mol. The van der Waals surface area contributed by atoms with Crippen LogP contribution in [0.25, 0.3) is 0 Å². The van der Waals surface area contributed by atoms with E-state index in [2.05, 4.69) is 67.0 Å². The van der Waals surface area contributed by atoms with Gasteiger partial charge in [0.15, 0.2) is 0 Å². The van der Waals surface area contributed by atoms with Gasteiger partial charge in [-0.2, -0.15) is 5.92 Å². The van der Waals surface area contributed by atoms with Crippen LogP contribution < -0.4 is 0 Å². The van der Waals surface area contributed by atoms with Gasteiger partial charge in [0.1, 0.15) is 0 Å². The molecule has 0 bridgehead atoms. The Morgan fingerprint density at radius 1 is 1.13 bits per heavy atom. The van der Waals surface area contributed by atoms with Crippen LogP contribution in [0.5, 0.6) is 0 Å². The minimum Gasteiger partial charge on any atom is -0.341 e. The predicted octanol–water partition coefficient (Wildman–Crippen LogP) is 4.68. The molecular formula is C14H26Y-2. The van der Waals surface area contributed by atoms with Gasteiger partial charge < -0.3 is 6.92 Å². The van der Waals surface area contributed by atoms with Crippen molar-refractivity contribution in [2.75, 3.05) is 0 Å². The molecule has 1 heteroatoms. The van der Waals surface area contributed by atoms with Crippen molar-refractivity contribution >= 4 is 0 Å². The second kappa shape index (κ2) is 7.12. The molecule has 0 aliphatic rings. The largest absolute Gasteiger partial charge is 0.341 e. The molecule has 0 saturated carbocycles. The van der Waals surface area contributed by atoms with Crippen LogP contribution in [0.1, 0.15) is 48.0 Å². The Hall–Kier alpha value is 0.714. The minimum atomic E-state index is 0. The zero-order chi connectivity index (χ0) is 11.4. The Morgan fingerprint density at radius 3 is 1.93 bits per heavy atom. The zero-order valence-electron chi connectivity index (χ0n) is 11.3. The third-order valence-electron chi connectivity index (χ3n) is 2.38. The summed E-state index contributed by atoms with van der Waals surface area (Å²) >= 11 is 0. The monoisotopic (exact) mass is 283 g/mol. The van der Waals surface area contributed by atoms with Crippen LogP contribution >= 0.6 is 0 Å². The van der Waals surface area contributed by atoms with Crippen molar-refractivity contribution in [1.82, 2.24) is 0 Å². The molecule has 0 aromatic rings. The van der Waals surface area contributed by atoms with E-state index in [1.54, 1.807) is 0 Å². The van der Waals surface area contributed by atoms with Gasteiger partial charge in [-0.1, -0.05) is 52.4 Å². The third-order valence-corrected chi connectivity index (χ3v) is 2.38. The molecule has 0 aromatic carbocycles. The first-order valence-electron chi connectivity index (χ1n) is 5.47. The standard InChI is InChI=1S/C14H26.Y/c1-12(14(5,6)7)10-8-9-11-13(2,3)4;/h8-9,11-12H,1,10H2,2-7H3;/q-2;/b9-8-;. The van der Waals surface area contributed by atoms with Crippen LogP contribution in [0.15, 0.2) is 12.2 Å². The molecule has 0 aliphatic heterocycles. The molecule has 0 nitrogen and oxygen atoms in total. The van der Waals surface area contributed by atoms with Gasteiger partial charge in [-0.3, -0.25) is 0 Å². The summed E-state index contributed by atoms with van der Waals surface area (Å²) in [6, 6.07) is 0. The van der Waals surface area contributed by atoms with Crippen molar-refractivity contribution in [1.29, 1.82) is 0 Å². The third kappa shape index (κ3) is 11.0. The van der Waals surface area contributed by atoms with Crippen molar-refractivity contribution < 1.29 is 32.7 Å². The van der Waals surface area contributed by atoms with Crippen LogP contribution in [0.2, 0.25) is 0 Å². The van der Waals surface area contributed by atoms with E-state index in [-0.39, 0.29) is 38.1 Å². The van der Waals surface area contributed by atoms with Crippen LogP contribution in [0, 0.1) is 30.1 Å². The van der Waals surface area contributed by atoms with Gasteiger partial charge in [-0.25, -0.2) is 18.6 Å². The molecule has 1 atom stereocenters. The number of rotatable bonds is 3. The van der Waals surface area contributed by atoms with Crippen LogP contribution in [0.4, 0.5) is 0 Å². The van der Waals surface area contributed by atoms with Gasteiger partial charge in [-0.05, 0) is 0 Å². The van der Waals surface area contributed by atoms with E-state index in [1.807, 2.05) is 0 Å². The first-order valence-corrected chi connectivity index (χ1v) is 5.47. The average Bonchev–Trinajstić information content (AvgIpc) is 1.93. The fourth-order valence-electron chi connectivity index (χ4n) is 0.953. The van der Waals surface area contributed by atoms with Crippen molar-refractivity contribution in [3.05, 3.63) is 25.5 Å². The molecule has 0 amide bonds. The predicted molar refractivity (Wildman–Crippen MR) is 65.8 cm³/mol. The molecule has 0 aliphatic carbocycles. The topological polar surface area (TPSA) is 0 Å². The van der Waals surface area contributed by atoms with Gasteiger partial charge in [0.2, 0.25) is 0 Å². The molecule has 15 heavy (non-hydrogen) atoms. The molecule has 0 N–H and O–H groups in total. The molecule has 0 saturated heterocycles.